The SMILES string of the molecule is O=S(=O)(NCCCOCc1ccccc1)c1ccc(Br)s1. The topological polar surface area (TPSA) is 55.4 Å². The van der Waals surface area contributed by atoms with Gasteiger partial charge in [0.1, 0.15) is 4.21 Å². The average molecular weight is 390 g/mol. The fourth-order valence-electron chi connectivity index (χ4n) is 1.66. The van der Waals surface area contributed by atoms with Crippen molar-refractivity contribution >= 4 is 37.3 Å². The standard InChI is InChI=1S/C14H16BrNO3S2/c15-13-7-8-14(20-13)21(17,18)16-9-4-10-19-11-12-5-2-1-3-6-12/h1-3,5-8,16H,4,9-11H2. The lowest BCUT2D eigenvalue weighted by molar-refractivity contribution is 0.119. The molecular weight excluding hydrogens is 374 g/mol. The second-order valence-electron chi connectivity index (χ2n) is 4.35. The first-order valence-electron chi connectivity index (χ1n) is 6.44. The van der Waals surface area contributed by atoms with Gasteiger partial charge in [0, 0.05) is 13.2 Å². The lowest BCUT2D eigenvalue weighted by Crippen LogP contribution is -2.24. The van der Waals surface area contributed by atoms with Crippen LogP contribution in [0.3, 0.4) is 0 Å². The number of nitrogens with one attached hydrogen (secondary N) is 1. The molecule has 0 bridgehead atoms. The van der Waals surface area contributed by atoms with Crippen LogP contribution in [-0.4, -0.2) is 21.6 Å². The minimum Gasteiger partial charge on any atom is -0.377 e. The van der Waals surface area contributed by atoms with Crippen molar-refractivity contribution in [2.75, 3.05) is 13.2 Å². The predicted molar refractivity (Wildman–Crippen MR) is 87.9 cm³/mol. The highest BCUT2D eigenvalue weighted by Gasteiger charge is 2.15. The zero-order valence-electron chi connectivity index (χ0n) is 11.3. The molecule has 2 aromatic rings. The number of ether oxygens (including phenoxy) is 1. The third-order valence-electron chi connectivity index (χ3n) is 2.68. The maximum absolute atomic E-state index is 11.9. The van der Waals surface area contributed by atoms with Crippen LogP contribution in [0.5, 0.6) is 0 Å². The van der Waals surface area contributed by atoms with Crippen molar-refractivity contribution in [3.8, 4) is 0 Å². The highest BCUT2D eigenvalue weighted by atomic mass is 79.9. The number of rotatable bonds is 8. The minimum absolute atomic E-state index is 0.319. The fourth-order valence-corrected chi connectivity index (χ4v) is 4.79. The summed E-state index contributed by atoms with van der Waals surface area (Å²) in [6.45, 7) is 1.43. The fraction of sp³-hybridized carbons (Fsp3) is 0.286. The van der Waals surface area contributed by atoms with Crippen molar-refractivity contribution in [2.45, 2.75) is 17.2 Å². The Morgan fingerprint density at radius 2 is 1.90 bits per heavy atom. The number of hydrogen-bond donors (Lipinski definition) is 1. The molecule has 0 fully saturated rings. The lowest BCUT2D eigenvalue weighted by Gasteiger charge is -2.06. The number of benzene rings is 1. The van der Waals surface area contributed by atoms with Crippen LogP contribution in [0, 0.1) is 0 Å². The molecule has 0 unspecified atom stereocenters. The van der Waals surface area contributed by atoms with Crippen LogP contribution in [0.25, 0.3) is 0 Å². The average Bonchev–Trinajstić information content (AvgIpc) is 2.91. The Hall–Kier alpha value is -0.730. The zero-order chi connectivity index (χ0) is 15.1. The molecule has 114 valence electrons. The van der Waals surface area contributed by atoms with E-state index in [2.05, 4.69) is 20.7 Å². The predicted octanol–water partition coefficient (Wildman–Crippen LogP) is 3.40. The van der Waals surface area contributed by atoms with Crippen molar-refractivity contribution in [1.29, 1.82) is 0 Å². The molecule has 7 heteroatoms. The monoisotopic (exact) mass is 389 g/mol. The van der Waals surface area contributed by atoms with E-state index in [-0.39, 0.29) is 0 Å². The van der Waals surface area contributed by atoms with Gasteiger partial charge in [0.2, 0.25) is 10.0 Å². The van der Waals surface area contributed by atoms with E-state index in [0.29, 0.717) is 30.4 Å². The van der Waals surface area contributed by atoms with Crippen molar-refractivity contribution in [3.05, 3.63) is 51.8 Å². The van der Waals surface area contributed by atoms with Crippen LogP contribution in [-0.2, 0) is 21.4 Å². The number of halogens is 1. The minimum atomic E-state index is -3.40. The van der Waals surface area contributed by atoms with Crippen LogP contribution in [0.1, 0.15) is 12.0 Å². The van der Waals surface area contributed by atoms with Gasteiger partial charge in [0.15, 0.2) is 0 Å². The van der Waals surface area contributed by atoms with Crippen LogP contribution < -0.4 is 4.72 Å². The first-order valence-corrected chi connectivity index (χ1v) is 9.54. The zero-order valence-corrected chi connectivity index (χ0v) is 14.5. The number of sulfonamides is 1. The Morgan fingerprint density at radius 3 is 2.57 bits per heavy atom. The molecule has 0 spiro atoms. The molecule has 1 aromatic heterocycles. The van der Waals surface area contributed by atoms with Gasteiger partial charge in [-0.25, -0.2) is 13.1 Å². The van der Waals surface area contributed by atoms with E-state index in [9.17, 15) is 8.42 Å². The van der Waals surface area contributed by atoms with Crippen LogP contribution in [0.15, 0.2) is 50.5 Å². The molecule has 0 atom stereocenters. The summed E-state index contributed by atoms with van der Waals surface area (Å²) >= 11 is 4.45. The maximum Gasteiger partial charge on any atom is 0.250 e. The maximum atomic E-state index is 11.9. The molecule has 0 aliphatic carbocycles. The summed E-state index contributed by atoms with van der Waals surface area (Å²) in [5.41, 5.74) is 1.11. The molecule has 0 amide bonds. The normalized spacial score (nSPS) is 11.7. The second kappa shape index (κ2) is 8.05. The van der Waals surface area contributed by atoms with Gasteiger partial charge in [-0.2, -0.15) is 0 Å². The van der Waals surface area contributed by atoms with Gasteiger partial charge in [-0.3, -0.25) is 0 Å². The second-order valence-corrected chi connectivity index (χ2v) is 8.80. The van der Waals surface area contributed by atoms with Gasteiger partial charge < -0.3 is 4.74 Å². The first-order chi connectivity index (χ1) is 10.1. The molecule has 2 rings (SSSR count). The summed E-state index contributed by atoms with van der Waals surface area (Å²) < 4.78 is 33.1. The van der Waals surface area contributed by atoms with Crippen molar-refractivity contribution < 1.29 is 13.2 Å². The van der Waals surface area contributed by atoms with Gasteiger partial charge in [-0.05, 0) is 40.0 Å². The Labute approximate surface area is 137 Å². The third kappa shape index (κ3) is 5.52. The van der Waals surface area contributed by atoms with Gasteiger partial charge >= 0.3 is 0 Å². The molecule has 4 nitrogen and oxygen atoms in total. The van der Waals surface area contributed by atoms with E-state index in [1.165, 1.54) is 11.3 Å². The molecule has 0 aliphatic rings. The summed E-state index contributed by atoms with van der Waals surface area (Å²) in [6.07, 6.45) is 0.638. The largest absolute Gasteiger partial charge is 0.377 e. The Bertz CT molecular complexity index is 656. The van der Waals surface area contributed by atoms with Crippen molar-refractivity contribution in [3.63, 3.8) is 0 Å². The third-order valence-corrected chi connectivity index (χ3v) is 6.26. The van der Waals surface area contributed by atoms with Crippen LogP contribution in [0.4, 0.5) is 0 Å². The molecule has 0 radical (unpaired) electrons. The van der Waals surface area contributed by atoms with Gasteiger partial charge in [-0.15, -0.1) is 11.3 Å². The smallest absolute Gasteiger partial charge is 0.250 e. The molecule has 0 aliphatic heterocycles. The highest BCUT2D eigenvalue weighted by Crippen LogP contribution is 2.25. The summed E-state index contributed by atoms with van der Waals surface area (Å²) in [5, 5.41) is 0. The van der Waals surface area contributed by atoms with E-state index >= 15 is 0 Å². The van der Waals surface area contributed by atoms with Crippen molar-refractivity contribution in [1.82, 2.24) is 4.72 Å². The molecule has 0 saturated carbocycles. The van der Waals surface area contributed by atoms with Crippen molar-refractivity contribution in [2.24, 2.45) is 0 Å². The lowest BCUT2D eigenvalue weighted by atomic mass is 10.2. The summed E-state index contributed by atoms with van der Waals surface area (Å²) in [7, 11) is -3.40. The van der Waals surface area contributed by atoms with E-state index in [1.807, 2.05) is 30.3 Å². The highest BCUT2D eigenvalue weighted by molar-refractivity contribution is 9.11. The summed E-state index contributed by atoms with van der Waals surface area (Å²) in [5.74, 6) is 0. The quantitative estimate of drug-likeness (QED) is 0.703. The number of hydrogen-bond acceptors (Lipinski definition) is 4. The van der Waals surface area contributed by atoms with E-state index in [0.717, 1.165) is 9.35 Å². The number of thiophene rings is 1. The molecule has 1 aromatic carbocycles. The molecule has 21 heavy (non-hydrogen) atoms. The molecule has 1 heterocycles. The van der Waals surface area contributed by atoms with E-state index in [4.69, 9.17) is 4.74 Å². The van der Waals surface area contributed by atoms with Gasteiger partial charge in [0.05, 0.1) is 10.4 Å². The molecule has 0 saturated heterocycles. The van der Waals surface area contributed by atoms with Gasteiger partial charge in [0.25, 0.3) is 0 Å². The summed E-state index contributed by atoms with van der Waals surface area (Å²) in [6, 6.07) is 13.2. The summed E-state index contributed by atoms with van der Waals surface area (Å²) in [4.78, 5) is 0. The van der Waals surface area contributed by atoms with E-state index in [1.54, 1.807) is 12.1 Å². The molecular formula is C14H16BrNO3S2. The van der Waals surface area contributed by atoms with Gasteiger partial charge in [-0.1, -0.05) is 30.3 Å². The van der Waals surface area contributed by atoms with Crippen LogP contribution in [0.2, 0.25) is 0 Å². The van der Waals surface area contributed by atoms with Crippen LogP contribution >= 0.6 is 27.3 Å². The first kappa shape index (κ1) is 16.6. The van der Waals surface area contributed by atoms with E-state index < -0.39 is 10.0 Å². The molecule has 1 N–H and O–H groups in total. The Balaban J connectivity index is 1.66. The Morgan fingerprint density at radius 1 is 1.14 bits per heavy atom. The Kier molecular flexibility index (Phi) is 6.38.